The Morgan fingerprint density at radius 2 is 2.23 bits per heavy atom. The lowest BCUT2D eigenvalue weighted by atomic mass is 10.2. The van der Waals surface area contributed by atoms with Crippen LogP contribution in [-0.4, -0.2) is 37.2 Å². The number of ether oxygens (including phenoxy) is 1. The third-order valence-electron chi connectivity index (χ3n) is 1.87. The highest BCUT2D eigenvalue weighted by atomic mass is 16.5. The Balaban J connectivity index is 2.31. The highest BCUT2D eigenvalue weighted by Gasteiger charge is 2.16. The van der Waals surface area contributed by atoms with Crippen LogP contribution in [0.2, 0.25) is 0 Å². The van der Waals surface area contributed by atoms with Crippen molar-refractivity contribution in [3.8, 4) is 6.07 Å². The molecule has 1 saturated heterocycles. The molecule has 1 fully saturated rings. The van der Waals surface area contributed by atoms with Crippen LogP contribution in [0, 0.1) is 17.2 Å². The smallest absolute Gasteiger partial charge is 0.251 e. The predicted molar refractivity (Wildman–Crippen MR) is 45.3 cm³/mol. The summed E-state index contributed by atoms with van der Waals surface area (Å²) in [5, 5.41) is 10.3. The maximum absolute atomic E-state index is 11.2. The van der Waals surface area contributed by atoms with Gasteiger partial charge in [0, 0.05) is 13.1 Å². The summed E-state index contributed by atoms with van der Waals surface area (Å²) in [6, 6.07) is 1.88. The molecule has 1 unspecified atom stereocenters. The van der Waals surface area contributed by atoms with E-state index in [0.29, 0.717) is 26.3 Å². The summed E-state index contributed by atoms with van der Waals surface area (Å²) in [6.45, 7) is 4.20. The van der Waals surface area contributed by atoms with Gasteiger partial charge in [-0.3, -0.25) is 10.2 Å². The molecule has 5 nitrogen and oxygen atoms in total. The van der Waals surface area contributed by atoms with E-state index in [1.165, 1.54) is 0 Å². The van der Waals surface area contributed by atoms with Crippen LogP contribution in [0.3, 0.4) is 0 Å². The zero-order chi connectivity index (χ0) is 9.68. The standard InChI is InChI=1S/C8H13N3O2/c1-7(6-9)8(12)10-11-2-4-13-5-3-11/h7H,2-5H2,1H3,(H,10,12). The first-order chi connectivity index (χ1) is 6.24. The monoisotopic (exact) mass is 183 g/mol. The molecule has 0 bridgehead atoms. The van der Waals surface area contributed by atoms with Gasteiger partial charge in [-0.05, 0) is 6.92 Å². The zero-order valence-electron chi connectivity index (χ0n) is 7.62. The van der Waals surface area contributed by atoms with Crippen LogP contribution in [0.5, 0.6) is 0 Å². The molecule has 5 heteroatoms. The molecule has 1 N–H and O–H groups in total. The summed E-state index contributed by atoms with van der Waals surface area (Å²) in [5.74, 6) is -0.841. The van der Waals surface area contributed by atoms with Crippen LogP contribution < -0.4 is 5.43 Å². The SMILES string of the molecule is CC(C#N)C(=O)NN1CCOCC1. The highest BCUT2D eigenvalue weighted by molar-refractivity contribution is 5.80. The topological polar surface area (TPSA) is 65.4 Å². The van der Waals surface area contributed by atoms with Crippen molar-refractivity contribution < 1.29 is 9.53 Å². The van der Waals surface area contributed by atoms with Gasteiger partial charge >= 0.3 is 0 Å². The van der Waals surface area contributed by atoms with Crippen molar-refractivity contribution in [3.05, 3.63) is 0 Å². The van der Waals surface area contributed by atoms with Gasteiger partial charge in [0.25, 0.3) is 5.91 Å². The summed E-state index contributed by atoms with van der Waals surface area (Å²) in [4.78, 5) is 11.2. The number of rotatable bonds is 2. The van der Waals surface area contributed by atoms with Gasteiger partial charge in [-0.15, -0.1) is 0 Å². The lowest BCUT2D eigenvalue weighted by Gasteiger charge is -2.27. The summed E-state index contributed by atoms with van der Waals surface area (Å²) in [5.41, 5.74) is 2.66. The van der Waals surface area contributed by atoms with E-state index in [1.54, 1.807) is 11.9 Å². The Morgan fingerprint density at radius 3 is 2.77 bits per heavy atom. The van der Waals surface area contributed by atoms with Gasteiger partial charge in [0.15, 0.2) is 0 Å². The minimum absolute atomic E-state index is 0.246. The van der Waals surface area contributed by atoms with Crippen molar-refractivity contribution in [2.75, 3.05) is 26.3 Å². The number of carbonyl (C=O) groups is 1. The van der Waals surface area contributed by atoms with Gasteiger partial charge in [-0.2, -0.15) is 5.26 Å². The van der Waals surface area contributed by atoms with Crippen molar-refractivity contribution >= 4 is 5.91 Å². The van der Waals surface area contributed by atoms with Crippen molar-refractivity contribution in [1.29, 1.82) is 5.26 Å². The summed E-state index contributed by atoms with van der Waals surface area (Å²) < 4.78 is 5.11. The second kappa shape index (κ2) is 4.80. The molecule has 0 saturated carbocycles. The molecule has 0 spiro atoms. The summed E-state index contributed by atoms with van der Waals surface area (Å²) >= 11 is 0. The maximum atomic E-state index is 11.2. The van der Waals surface area contributed by atoms with E-state index in [-0.39, 0.29) is 5.91 Å². The van der Waals surface area contributed by atoms with Gasteiger partial charge in [-0.25, -0.2) is 5.01 Å². The Morgan fingerprint density at radius 1 is 1.62 bits per heavy atom. The van der Waals surface area contributed by atoms with E-state index < -0.39 is 5.92 Å². The van der Waals surface area contributed by atoms with Crippen LogP contribution in [0.25, 0.3) is 0 Å². The van der Waals surface area contributed by atoms with E-state index in [9.17, 15) is 4.79 Å². The van der Waals surface area contributed by atoms with E-state index in [4.69, 9.17) is 10.00 Å². The van der Waals surface area contributed by atoms with Crippen LogP contribution in [0.1, 0.15) is 6.92 Å². The van der Waals surface area contributed by atoms with Crippen LogP contribution in [0.15, 0.2) is 0 Å². The van der Waals surface area contributed by atoms with E-state index in [0.717, 1.165) is 0 Å². The number of amides is 1. The van der Waals surface area contributed by atoms with Crippen molar-refractivity contribution in [2.24, 2.45) is 5.92 Å². The third kappa shape index (κ3) is 3.01. The first-order valence-electron chi connectivity index (χ1n) is 4.27. The molecule has 0 aromatic heterocycles. The van der Waals surface area contributed by atoms with Gasteiger partial charge in [-0.1, -0.05) is 0 Å². The largest absolute Gasteiger partial charge is 0.379 e. The number of hydrazine groups is 1. The number of nitrogens with zero attached hydrogens (tertiary/aromatic N) is 2. The summed E-state index contributed by atoms with van der Waals surface area (Å²) in [6.07, 6.45) is 0. The Kier molecular flexibility index (Phi) is 3.68. The molecular formula is C8H13N3O2. The molecule has 0 aromatic carbocycles. The molecule has 13 heavy (non-hydrogen) atoms. The lowest BCUT2D eigenvalue weighted by molar-refractivity contribution is -0.129. The number of nitrogens with one attached hydrogen (secondary N) is 1. The fraction of sp³-hybridized carbons (Fsp3) is 0.750. The van der Waals surface area contributed by atoms with Crippen molar-refractivity contribution in [1.82, 2.24) is 10.4 Å². The average Bonchev–Trinajstić information content (AvgIpc) is 2.18. The second-order valence-electron chi connectivity index (χ2n) is 2.93. The predicted octanol–water partition coefficient (Wildman–Crippen LogP) is -0.491. The van der Waals surface area contributed by atoms with Crippen LogP contribution in [0.4, 0.5) is 0 Å². The quantitative estimate of drug-likeness (QED) is 0.627. The Bertz CT molecular complexity index is 218. The number of morpholine rings is 1. The maximum Gasteiger partial charge on any atom is 0.251 e. The average molecular weight is 183 g/mol. The normalized spacial score (nSPS) is 20.3. The fourth-order valence-corrected chi connectivity index (χ4v) is 0.986. The number of carbonyl (C=O) groups excluding carboxylic acids is 1. The summed E-state index contributed by atoms with van der Waals surface area (Å²) in [7, 11) is 0. The molecule has 1 aliphatic heterocycles. The van der Waals surface area contributed by atoms with E-state index in [2.05, 4.69) is 5.43 Å². The molecule has 1 aliphatic rings. The zero-order valence-corrected chi connectivity index (χ0v) is 7.62. The number of nitriles is 1. The second-order valence-corrected chi connectivity index (χ2v) is 2.93. The first kappa shape index (κ1) is 9.96. The molecule has 1 rings (SSSR count). The molecule has 0 aromatic rings. The van der Waals surface area contributed by atoms with Gasteiger partial charge in [0.1, 0.15) is 5.92 Å². The molecule has 1 heterocycles. The van der Waals surface area contributed by atoms with E-state index in [1.807, 2.05) is 6.07 Å². The van der Waals surface area contributed by atoms with Crippen molar-refractivity contribution in [2.45, 2.75) is 6.92 Å². The molecule has 72 valence electrons. The van der Waals surface area contributed by atoms with Crippen LogP contribution >= 0.6 is 0 Å². The molecular weight excluding hydrogens is 170 g/mol. The minimum atomic E-state index is -0.595. The molecule has 1 atom stereocenters. The number of hydrogen-bond acceptors (Lipinski definition) is 4. The van der Waals surface area contributed by atoms with Gasteiger partial charge in [0.2, 0.25) is 0 Å². The van der Waals surface area contributed by atoms with E-state index >= 15 is 0 Å². The molecule has 0 aliphatic carbocycles. The van der Waals surface area contributed by atoms with Crippen molar-refractivity contribution in [3.63, 3.8) is 0 Å². The molecule has 1 amide bonds. The highest BCUT2D eigenvalue weighted by Crippen LogP contribution is 1.96. The lowest BCUT2D eigenvalue weighted by Crippen LogP contribution is -2.49. The Hall–Kier alpha value is -1.12. The third-order valence-corrected chi connectivity index (χ3v) is 1.87. The minimum Gasteiger partial charge on any atom is -0.379 e. The Labute approximate surface area is 77.2 Å². The number of hydrogen-bond donors (Lipinski definition) is 1. The molecule has 0 radical (unpaired) electrons. The van der Waals surface area contributed by atoms with Crippen LogP contribution in [-0.2, 0) is 9.53 Å². The van der Waals surface area contributed by atoms with Gasteiger partial charge < -0.3 is 4.74 Å². The fourth-order valence-electron chi connectivity index (χ4n) is 0.986. The van der Waals surface area contributed by atoms with Gasteiger partial charge in [0.05, 0.1) is 19.3 Å². The first-order valence-corrected chi connectivity index (χ1v) is 4.27.